The summed E-state index contributed by atoms with van der Waals surface area (Å²) in [6.07, 6.45) is 0.178. The molecular formula is C34H37ClN4O3S. The largest absolute Gasteiger partial charge is 0.464 e. The molecule has 0 radical (unpaired) electrons. The van der Waals surface area contributed by atoms with Crippen molar-refractivity contribution in [3.8, 4) is 21.7 Å². The van der Waals surface area contributed by atoms with E-state index in [0.717, 1.165) is 79.4 Å². The van der Waals surface area contributed by atoms with Crippen molar-refractivity contribution in [2.24, 2.45) is 0 Å². The van der Waals surface area contributed by atoms with Crippen LogP contribution in [0.4, 0.5) is 0 Å². The lowest BCUT2D eigenvalue weighted by Crippen LogP contribution is -2.29. The highest BCUT2D eigenvalue weighted by Gasteiger charge is 2.33. The van der Waals surface area contributed by atoms with E-state index < -0.39 is 17.7 Å². The highest BCUT2D eigenvalue weighted by atomic mass is 35.5. The Kier molecular flexibility index (Phi) is 8.07. The second-order valence-electron chi connectivity index (χ2n) is 12.1. The van der Waals surface area contributed by atoms with Gasteiger partial charge in [0.1, 0.15) is 10.8 Å². The zero-order valence-corrected chi connectivity index (χ0v) is 27.0. The summed E-state index contributed by atoms with van der Waals surface area (Å²) in [5.41, 5.74) is 6.99. The van der Waals surface area contributed by atoms with Gasteiger partial charge < -0.3 is 19.4 Å². The third-order valence-corrected chi connectivity index (χ3v) is 9.20. The molecule has 1 aliphatic heterocycles. The van der Waals surface area contributed by atoms with Crippen LogP contribution in [0.25, 0.3) is 42.9 Å². The van der Waals surface area contributed by atoms with Crippen LogP contribution in [-0.4, -0.2) is 45.8 Å². The van der Waals surface area contributed by atoms with Crippen molar-refractivity contribution in [3.05, 3.63) is 70.5 Å². The van der Waals surface area contributed by atoms with Gasteiger partial charge in [-0.1, -0.05) is 23.7 Å². The van der Waals surface area contributed by atoms with E-state index in [1.54, 1.807) is 11.3 Å². The van der Waals surface area contributed by atoms with Crippen molar-refractivity contribution in [1.82, 2.24) is 19.9 Å². The maximum Gasteiger partial charge on any atom is 0.339 e. The summed E-state index contributed by atoms with van der Waals surface area (Å²) in [6, 6.07) is 16.6. The lowest BCUT2D eigenvalue weighted by Gasteiger charge is -2.29. The molecule has 9 heteroatoms. The van der Waals surface area contributed by atoms with E-state index in [2.05, 4.69) is 41.1 Å². The van der Waals surface area contributed by atoms with Crippen LogP contribution >= 0.6 is 22.9 Å². The van der Waals surface area contributed by atoms with Crippen LogP contribution in [0.2, 0.25) is 5.02 Å². The van der Waals surface area contributed by atoms with Gasteiger partial charge in [0.2, 0.25) is 0 Å². The number of nitrogens with zero attached hydrogens (tertiary/aromatic N) is 3. The molecule has 3 aromatic carbocycles. The van der Waals surface area contributed by atoms with Gasteiger partial charge >= 0.3 is 5.97 Å². The van der Waals surface area contributed by atoms with E-state index in [4.69, 9.17) is 31.0 Å². The number of ether oxygens (including phenoxy) is 2. The summed E-state index contributed by atoms with van der Waals surface area (Å²) in [5.74, 6) is 0.620. The van der Waals surface area contributed by atoms with Gasteiger partial charge in [-0.05, 0) is 102 Å². The summed E-state index contributed by atoms with van der Waals surface area (Å²) in [6.45, 7) is 14.0. The van der Waals surface area contributed by atoms with Crippen molar-refractivity contribution in [1.29, 1.82) is 0 Å². The lowest BCUT2D eigenvalue weighted by atomic mass is 9.91. The van der Waals surface area contributed by atoms with Gasteiger partial charge in [0.15, 0.2) is 6.10 Å². The SMILES string of the molecule is CCOC(=O)[C@@H](OC(C)(C)C)c1c(C)cc2nc(-c3ccc4nc(C)n([C@H]5CCNC5)c4c3)sc2c1-c1ccc(Cl)cc1. The van der Waals surface area contributed by atoms with Crippen molar-refractivity contribution >= 4 is 50.2 Å². The number of fused-ring (bicyclic) bond motifs is 2. The number of carbonyl (C=O) groups excluding carboxylic acids is 1. The minimum atomic E-state index is -0.908. The maximum absolute atomic E-state index is 13.4. The molecule has 43 heavy (non-hydrogen) atoms. The number of thiazole rings is 1. The third-order valence-electron chi connectivity index (χ3n) is 7.81. The molecule has 0 aliphatic carbocycles. The quantitative estimate of drug-likeness (QED) is 0.186. The molecule has 0 spiro atoms. The monoisotopic (exact) mass is 616 g/mol. The number of aromatic nitrogens is 3. The van der Waals surface area contributed by atoms with E-state index >= 15 is 0 Å². The minimum absolute atomic E-state index is 0.264. The number of hydrogen-bond acceptors (Lipinski definition) is 7. The number of benzene rings is 3. The first-order chi connectivity index (χ1) is 20.5. The number of rotatable bonds is 7. The molecular weight excluding hydrogens is 580 g/mol. The Bertz CT molecular complexity index is 1810. The van der Waals surface area contributed by atoms with E-state index in [1.165, 1.54) is 0 Å². The molecule has 1 aliphatic rings. The maximum atomic E-state index is 13.4. The average Bonchev–Trinajstić information content (AvgIpc) is 3.69. The molecule has 1 fully saturated rings. The van der Waals surface area contributed by atoms with Crippen LogP contribution in [0.3, 0.4) is 0 Å². The fraction of sp³-hybridized carbons (Fsp3) is 0.382. The van der Waals surface area contributed by atoms with Crippen LogP contribution < -0.4 is 5.32 Å². The summed E-state index contributed by atoms with van der Waals surface area (Å²) in [7, 11) is 0. The molecule has 0 saturated carbocycles. The van der Waals surface area contributed by atoms with Gasteiger partial charge in [0.05, 0.1) is 33.5 Å². The van der Waals surface area contributed by atoms with Gasteiger partial charge in [-0.25, -0.2) is 14.8 Å². The van der Waals surface area contributed by atoms with Crippen molar-refractivity contribution in [2.45, 2.75) is 65.7 Å². The fourth-order valence-corrected chi connectivity index (χ4v) is 7.29. The Morgan fingerprint density at radius 1 is 1.09 bits per heavy atom. The standard InChI is InChI=1S/C34H37ClN4O3S/c1-7-41-33(40)30(42-34(4,5)6)28-19(2)16-26-31(29(28)21-8-11-23(35)12-9-21)43-32(38-26)22-10-13-25-27(17-22)39(20(3)37-25)24-14-15-36-18-24/h8-13,16-17,24,30,36H,7,14-15,18H2,1-6H3/t24-,30-/m0/s1. The number of imidazole rings is 1. The normalized spacial score (nSPS) is 16.3. The summed E-state index contributed by atoms with van der Waals surface area (Å²) in [5, 5.41) is 5.03. The molecule has 0 amide bonds. The molecule has 1 saturated heterocycles. The fourth-order valence-electron chi connectivity index (χ4n) is 6.04. The van der Waals surface area contributed by atoms with Gasteiger partial charge in [0, 0.05) is 34.3 Å². The van der Waals surface area contributed by atoms with Crippen LogP contribution in [0, 0.1) is 13.8 Å². The Hall–Kier alpha value is -3.30. The van der Waals surface area contributed by atoms with E-state index in [9.17, 15) is 4.79 Å². The number of aryl methyl sites for hydroxylation is 2. The second-order valence-corrected chi connectivity index (χ2v) is 13.5. The van der Waals surface area contributed by atoms with Gasteiger partial charge in [-0.15, -0.1) is 11.3 Å². The first-order valence-electron chi connectivity index (χ1n) is 14.8. The number of esters is 1. The number of hydrogen-bond donors (Lipinski definition) is 1. The van der Waals surface area contributed by atoms with Gasteiger partial charge in [-0.2, -0.15) is 0 Å². The predicted octanol–water partition coefficient (Wildman–Crippen LogP) is 8.20. The smallest absolute Gasteiger partial charge is 0.339 e. The highest BCUT2D eigenvalue weighted by molar-refractivity contribution is 7.22. The first kappa shape index (κ1) is 29.8. The Morgan fingerprint density at radius 2 is 1.84 bits per heavy atom. The Labute approximate surface area is 261 Å². The zero-order valence-electron chi connectivity index (χ0n) is 25.5. The summed E-state index contributed by atoms with van der Waals surface area (Å²) >= 11 is 7.92. The number of halogens is 1. The van der Waals surface area contributed by atoms with Crippen LogP contribution in [0.5, 0.6) is 0 Å². The lowest BCUT2D eigenvalue weighted by molar-refractivity contribution is -0.166. The third kappa shape index (κ3) is 5.81. The topological polar surface area (TPSA) is 78.3 Å². The average molecular weight is 617 g/mol. The molecule has 0 bridgehead atoms. The molecule has 2 aromatic heterocycles. The molecule has 7 nitrogen and oxygen atoms in total. The number of carbonyl (C=O) groups is 1. The van der Waals surface area contributed by atoms with E-state index in [0.29, 0.717) is 11.1 Å². The van der Waals surface area contributed by atoms with Crippen molar-refractivity contribution in [2.75, 3.05) is 19.7 Å². The molecule has 5 aromatic rings. The first-order valence-corrected chi connectivity index (χ1v) is 16.0. The predicted molar refractivity (Wildman–Crippen MR) is 175 cm³/mol. The zero-order chi connectivity index (χ0) is 30.5. The van der Waals surface area contributed by atoms with Gasteiger partial charge in [-0.3, -0.25) is 0 Å². The Balaban J connectivity index is 1.57. The molecule has 2 atom stereocenters. The van der Waals surface area contributed by atoms with Gasteiger partial charge in [0.25, 0.3) is 0 Å². The molecule has 224 valence electrons. The van der Waals surface area contributed by atoms with Crippen LogP contribution in [0.15, 0.2) is 48.5 Å². The highest BCUT2D eigenvalue weighted by Crippen LogP contribution is 2.45. The minimum Gasteiger partial charge on any atom is -0.464 e. The molecule has 3 heterocycles. The molecule has 0 unspecified atom stereocenters. The summed E-state index contributed by atoms with van der Waals surface area (Å²) in [4.78, 5) is 23.4. The van der Waals surface area contributed by atoms with Crippen LogP contribution in [-0.2, 0) is 14.3 Å². The molecule has 6 rings (SSSR count). The van der Waals surface area contributed by atoms with Crippen LogP contribution in [0.1, 0.15) is 63.2 Å². The van der Waals surface area contributed by atoms with E-state index in [1.807, 2.05) is 58.9 Å². The second kappa shape index (κ2) is 11.7. The molecule has 1 N–H and O–H groups in total. The van der Waals surface area contributed by atoms with E-state index in [-0.39, 0.29) is 6.61 Å². The van der Waals surface area contributed by atoms with Crippen molar-refractivity contribution in [3.63, 3.8) is 0 Å². The van der Waals surface area contributed by atoms with Crippen molar-refractivity contribution < 1.29 is 14.3 Å². The summed E-state index contributed by atoms with van der Waals surface area (Å²) < 4.78 is 15.3. The Morgan fingerprint density at radius 3 is 2.51 bits per heavy atom. The number of nitrogens with one attached hydrogen (secondary N) is 1.